The van der Waals surface area contributed by atoms with Crippen LogP contribution in [0.15, 0.2) is 48.5 Å². The summed E-state index contributed by atoms with van der Waals surface area (Å²) >= 11 is 0. The number of aromatic hydroxyl groups is 1. The number of phenolic OH excluding ortho intramolecular Hbond substituents is 1. The second-order valence-electron chi connectivity index (χ2n) is 8.04. The lowest BCUT2D eigenvalue weighted by Gasteiger charge is -2.51. The third-order valence-electron chi connectivity index (χ3n) is 6.60. The Hall–Kier alpha value is -1.51. The lowest BCUT2D eigenvalue weighted by molar-refractivity contribution is 0.0524. The predicted octanol–water partition coefficient (Wildman–Crippen LogP) is 5.25. The van der Waals surface area contributed by atoms with Crippen LogP contribution in [-0.4, -0.2) is 29.1 Å². The molecule has 4 rings (SSSR count). The maximum Gasteiger partial charge on any atom is 0.115 e. The normalized spacial score (nSPS) is 25.5. The number of rotatable bonds is 4. The van der Waals surface area contributed by atoms with Gasteiger partial charge in [-0.15, -0.1) is 12.4 Å². The first-order chi connectivity index (χ1) is 12.2. The molecule has 1 saturated heterocycles. The third kappa shape index (κ3) is 3.77. The molecule has 2 bridgehead atoms. The van der Waals surface area contributed by atoms with E-state index in [1.54, 1.807) is 6.07 Å². The van der Waals surface area contributed by atoms with Gasteiger partial charge in [0.2, 0.25) is 0 Å². The van der Waals surface area contributed by atoms with Crippen molar-refractivity contribution in [1.82, 2.24) is 4.90 Å². The number of nitrogens with zero attached hydrogens (tertiary/aromatic N) is 1. The molecule has 1 heterocycles. The number of aryl methyl sites for hydroxylation is 1. The van der Waals surface area contributed by atoms with Crippen molar-refractivity contribution in [2.24, 2.45) is 0 Å². The molecule has 2 atom stereocenters. The molecule has 26 heavy (non-hydrogen) atoms. The second-order valence-corrected chi connectivity index (χ2v) is 8.04. The Kier molecular flexibility index (Phi) is 5.94. The van der Waals surface area contributed by atoms with E-state index in [9.17, 15) is 5.11 Å². The molecule has 1 aliphatic heterocycles. The van der Waals surface area contributed by atoms with Gasteiger partial charge in [0.25, 0.3) is 0 Å². The highest BCUT2D eigenvalue weighted by atomic mass is 35.5. The predicted molar refractivity (Wildman–Crippen MR) is 110 cm³/mol. The van der Waals surface area contributed by atoms with Crippen LogP contribution in [-0.2, 0) is 11.8 Å². The summed E-state index contributed by atoms with van der Waals surface area (Å²) in [6.45, 7) is 4.58. The average Bonchev–Trinajstić information content (AvgIpc) is 2.63. The van der Waals surface area contributed by atoms with Gasteiger partial charge in [0, 0.05) is 12.6 Å². The van der Waals surface area contributed by atoms with Gasteiger partial charge in [-0.1, -0.05) is 42.8 Å². The molecular weight excluding hydrogens is 342 g/mol. The van der Waals surface area contributed by atoms with Gasteiger partial charge < -0.3 is 5.11 Å². The van der Waals surface area contributed by atoms with Crippen molar-refractivity contribution in [3.05, 3.63) is 65.2 Å². The highest BCUT2D eigenvalue weighted by molar-refractivity contribution is 5.85. The van der Waals surface area contributed by atoms with Gasteiger partial charge >= 0.3 is 0 Å². The summed E-state index contributed by atoms with van der Waals surface area (Å²) in [7, 11) is 0. The number of hydrogen-bond donors (Lipinski definition) is 1. The summed E-state index contributed by atoms with van der Waals surface area (Å²) in [5.74, 6) is 0.413. The van der Waals surface area contributed by atoms with Gasteiger partial charge in [-0.25, -0.2) is 0 Å². The van der Waals surface area contributed by atoms with E-state index in [0.29, 0.717) is 17.2 Å². The van der Waals surface area contributed by atoms with E-state index in [2.05, 4.69) is 42.2 Å². The van der Waals surface area contributed by atoms with E-state index in [4.69, 9.17) is 0 Å². The summed E-state index contributed by atoms with van der Waals surface area (Å²) in [6.07, 6.45) is 7.54. The number of fused-ring (bicyclic) bond motifs is 2. The van der Waals surface area contributed by atoms with Gasteiger partial charge in [0.1, 0.15) is 5.75 Å². The fourth-order valence-corrected chi connectivity index (χ4v) is 5.10. The number of likely N-dealkylation sites (tertiary alicyclic amines) is 1. The molecule has 0 amide bonds. The highest BCUT2D eigenvalue weighted by Gasteiger charge is 2.43. The first-order valence-electron chi connectivity index (χ1n) is 9.74. The number of phenols is 1. The summed E-state index contributed by atoms with van der Waals surface area (Å²) in [5, 5.41) is 9.92. The van der Waals surface area contributed by atoms with Gasteiger partial charge in [0.05, 0.1) is 0 Å². The van der Waals surface area contributed by atoms with Crippen molar-refractivity contribution in [2.45, 2.75) is 56.9 Å². The van der Waals surface area contributed by atoms with E-state index >= 15 is 0 Å². The molecule has 2 aromatic rings. The van der Waals surface area contributed by atoms with E-state index in [0.717, 1.165) is 6.42 Å². The zero-order valence-electron chi connectivity index (χ0n) is 15.7. The molecule has 140 valence electrons. The Bertz CT molecular complexity index is 746. The molecule has 1 aliphatic carbocycles. The monoisotopic (exact) mass is 371 g/mol. The number of hydrogen-bond acceptors (Lipinski definition) is 2. The third-order valence-corrected chi connectivity index (χ3v) is 6.60. The molecular formula is C23H30ClNO. The van der Waals surface area contributed by atoms with Gasteiger partial charge in [-0.2, -0.15) is 0 Å². The van der Waals surface area contributed by atoms with Crippen LogP contribution in [0.5, 0.6) is 5.75 Å². The quantitative estimate of drug-likeness (QED) is 0.793. The van der Waals surface area contributed by atoms with E-state index in [-0.39, 0.29) is 12.4 Å². The molecule has 0 unspecified atom stereocenters. The number of piperidine rings is 1. The van der Waals surface area contributed by atoms with Crippen molar-refractivity contribution in [2.75, 3.05) is 13.1 Å². The maximum absolute atomic E-state index is 9.92. The first kappa shape index (κ1) is 19.3. The standard InChI is InChI=1S/C23H29NO.ClH/c1-18-6-2-3-7-19(18)11-14-24-15-13-23(12-5-9-21(24)17-23)20-8-4-10-22(25)16-20;/h2-4,6-8,10,16,21,25H,5,9,11-15,17H2,1H3;1H/t21-,23+;/m0./s1. The van der Waals surface area contributed by atoms with Crippen LogP contribution >= 0.6 is 12.4 Å². The number of halogens is 1. The van der Waals surface area contributed by atoms with E-state index in [1.807, 2.05) is 12.1 Å². The van der Waals surface area contributed by atoms with Gasteiger partial charge in [-0.05, 0) is 79.8 Å². The first-order valence-corrected chi connectivity index (χ1v) is 9.74. The minimum Gasteiger partial charge on any atom is -0.508 e. The summed E-state index contributed by atoms with van der Waals surface area (Å²) in [6, 6.07) is 17.5. The SMILES string of the molecule is Cc1ccccc1CCN1CC[C@]2(c3cccc(O)c3)CCC[C@H]1C2.Cl. The zero-order valence-corrected chi connectivity index (χ0v) is 16.5. The van der Waals surface area contributed by atoms with Crippen LogP contribution < -0.4 is 0 Å². The number of benzene rings is 2. The van der Waals surface area contributed by atoms with Crippen LogP contribution in [0.1, 0.15) is 48.8 Å². The molecule has 0 radical (unpaired) electrons. The Morgan fingerprint density at radius 3 is 2.77 bits per heavy atom. The zero-order chi connectivity index (χ0) is 17.3. The average molecular weight is 372 g/mol. The van der Waals surface area contributed by atoms with Crippen molar-refractivity contribution >= 4 is 12.4 Å². The van der Waals surface area contributed by atoms with Gasteiger partial charge in [0.15, 0.2) is 0 Å². The van der Waals surface area contributed by atoms with Crippen molar-refractivity contribution in [1.29, 1.82) is 0 Å². The fraction of sp³-hybridized carbons (Fsp3) is 0.478. The van der Waals surface area contributed by atoms with Gasteiger partial charge in [-0.3, -0.25) is 4.90 Å². The van der Waals surface area contributed by atoms with Crippen LogP contribution in [0.4, 0.5) is 0 Å². The Morgan fingerprint density at radius 2 is 1.96 bits per heavy atom. The van der Waals surface area contributed by atoms with Crippen LogP contribution in [0.2, 0.25) is 0 Å². The fourth-order valence-electron chi connectivity index (χ4n) is 5.10. The molecule has 2 aromatic carbocycles. The topological polar surface area (TPSA) is 23.5 Å². The lowest BCUT2D eigenvalue weighted by Crippen LogP contribution is -2.52. The molecule has 1 saturated carbocycles. The summed E-state index contributed by atoms with van der Waals surface area (Å²) < 4.78 is 0. The van der Waals surface area contributed by atoms with Crippen molar-refractivity contribution < 1.29 is 5.11 Å². The molecule has 2 nitrogen and oxygen atoms in total. The van der Waals surface area contributed by atoms with Crippen molar-refractivity contribution in [3.63, 3.8) is 0 Å². The van der Waals surface area contributed by atoms with Crippen LogP contribution in [0.25, 0.3) is 0 Å². The van der Waals surface area contributed by atoms with Crippen molar-refractivity contribution in [3.8, 4) is 5.75 Å². The smallest absolute Gasteiger partial charge is 0.115 e. The molecule has 0 aromatic heterocycles. The largest absolute Gasteiger partial charge is 0.508 e. The van der Waals surface area contributed by atoms with E-state index < -0.39 is 0 Å². The maximum atomic E-state index is 9.92. The summed E-state index contributed by atoms with van der Waals surface area (Å²) in [4.78, 5) is 2.73. The highest BCUT2D eigenvalue weighted by Crippen LogP contribution is 2.47. The Morgan fingerprint density at radius 1 is 1.12 bits per heavy atom. The summed E-state index contributed by atoms with van der Waals surface area (Å²) in [5.41, 5.74) is 4.55. The second kappa shape index (κ2) is 8.02. The minimum atomic E-state index is 0. The Labute approximate surface area is 163 Å². The molecule has 2 aliphatic rings. The minimum absolute atomic E-state index is 0. The van der Waals surface area contributed by atoms with E-state index in [1.165, 1.54) is 61.9 Å². The van der Waals surface area contributed by atoms with Crippen LogP contribution in [0.3, 0.4) is 0 Å². The van der Waals surface area contributed by atoms with Crippen LogP contribution in [0, 0.1) is 6.92 Å². The Balaban J connectivity index is 0.00000196. The molecule has 2 fully saturated rings. The lowest BCUT2D eigenvalue weighted by atomic mass is 9.63. The molecule has 0 spiro atoms. The molecule has 1 N–H and O–H groups in total. The molecule has 3 heteroatoms.